The Kier molecular flexibility index (Phi) is 3.43. The zero-order valence-corrected chi connectivity index (χ0v) is 10.7. The van der Waals surface area contributed by atoms with Crippen LogP contribution in [0.1, 0.15) is 5.56 Å². The van der Waals surface area contributed by atoms with E-state index < -0.39 is 16.9 Å². The number of halogens is 1. The van der Waals surface area contributed by atoms with Crippen LogP contribution in [-0.4, -0.2) is 11.0 Å². The first-order valence-electron chi connectivity index (χ1n) is 5.61. The molecule has 1 aromatic rings. The van der Waals surface area contributed by atoms with Crippen LogP contribution >= 0.6 is 11.6 Å². The molecule has 3 nitrogen and oxygen atoms in total. The van der Waals surface area contributed by atoms with E-state index in [9.17, 15) is 4.79 Å². The monoisotopic (exact) mass is 263 g/mol. The predicted octanol–water partition coefficient (Wildman–Crippen LogP) is 2.54. The summed E-state index contributed by atoms with van der Waals surface area (Å²) in [5.74, 6) is -0.606. The van der Waals surface area contributed by atoms with Crippen molar-refractivity contribution in [2.45, 2.75) is 12.0 Å². The molecule has 2 N–H and O–H groups in total. The van der Waals surface area contributed by atoms with Crippen molar-refractivity contribution in [2.75, 3.05) is 0 Å². The Hall–Kier alpha value is -1.74. The summed E-state index contributed by atoms with van der Waals surface area (Å²) < 4.78 is 5.70. The van der Waals surface area contributed by atoms with Gasteiger partial charge in [-0.1, -0.05) is 47.5 Å². The number of amides is 1. The quantitative estimate of drug-likeness (QED) is 0.852. The van der Waals surface area contributed by atoms with Gasteiger partial charge in [-0.15, -0.1) is 0 Å². The number of aryl methyl sites for hydroxylation is 1. The molecule has 2 unspecified atom stereocenters. The van der Waals surface area contributed by atoms with Gasteiger partial charge in [0.25, 0.3) is 0 Å². The minimum atomic E-state index is -1.25. The van der Waals surface area contributed by atoms with E-state index in [0.29, 0.717) is 5.75 Å². The summed E-state index contributed by atoms with van der Waals surface area (Å²) in [7, 11) is 0. The third-order valence-corrected chi connectivity index (χ3v) is 3.20. The first-order valence-corrected chi connectivity index (χ1v) is 5.99. The molecule has 1 aliphatic rings. The van der Waals surface area contributed by atoms with E-state index in [0.717, 1.165) is 5.56 Å². The summed E-state index contributed by atoms with van der Waals surface area (Å²) >= 11 is 6.35. The van der Waals surface area contributed by atoms with Crippen LogP contribution in [-0.2, 0) is 4.79 Å². The highest BCUT2D eigenvalue weighted by molar-refractivity contribution is 6.26. The Bertz CT molecular complexity index is 507. The van der Waals surface area contributed by atoms with Crippen LogP contribution in [0, 0.1) is 12.8 Å². The van der Waals surface area contributed by atoms with Crippen molar-refractivity contribution in [1.29, 1.82) is 0 Å². The van der Waals surface area contributed by atoms with E-state index in [1.165, 1.54) is 0 Å². The lowest BCUT2D eigenvalue weighted by molar-refractivity contribution is -0.122. The second-order valence-corrected chi connectivity index (χ2v) is 4.83. The van der Waals surface area contributed by atoms with E-state index in [4.69, 9.17) is 22.1 Å². The number of alkyl halides is 1. The van der Waals surface area contributed by atoms with Crippen LogP contribution < -0.4 is 10.5 Å². The average Bonchev–Trinajstić information content (AvgIpc) is 2.32. The second kappa shape index (κ2) is 4.86. The van der Waals surface area contributed by atoms with Crippen molar-refractivity contribution in [1.82, 2.24) is 0 Å². The van der Waals surface area contributed by atoms with Crippen molar-refractivity contribution in [3.05, 3.63) is 54.1 Å². The SMILES string of the molecule is Cc1ccc(OC2(Cl)C=CC=CC2C(N)=O)cc1. The largest absolute Gasteiger partial charge is 0.467 e. The Morgan fingerprint density at radius 2 is 2.00 bits per heavy atom. The maximum absolute atomic E-state index is 11.4. The van der Waals surface area contributed by atoms with Gasteiger partial charge in [-0.2, -0.15) is 0 Å². The number of benzene rings is 1. The molecule has 0 spiro atoms. The fourth-order valence-corrected chi connectivity index (χ4v) is 2.11. The molecule has 0 radical (unpaired) electrons. The lowest BCUT2D eigenvalue weighted by atomic mass is 9.96. The van der Waals surface area contributed by atoms with E-state index in [1.54, 1.807) is 24.3 Å². The van der Waals surface area contributed by atoms with Crippen molar-refractivity contribution >= 4 is 17.5 Å². The van der Waals surface area contributed by atoms with Crippen molar-refractivity contribution in [3.63, 3.8) is 0 Å². The average molecular weight is 264 g/mol. The molecule has 18 heavy (non-hydrogen) atoms. The van der Waals surface area contributed by atoms with E-state index in [2.05, 4.69) is 0 Å². The molecule has 94 valence electrons. The van der Waals surface area contributed by atoms with E-state index >= 15 is 0 Å². The predicted molar refractivity (Wildman–Crippen MR) is 71.4 cm³/mol. The Balaban J connectivity index is 2.25. The van der Waals surface area contributed by atoms with Crippen LogP contribution in [0.2, 0.25) is 0 Å². The smallest absolute Gasteiger partial charge is 0.230 e. The summed E-state index contributed by atoms with van der Waals surface area (Å²) in [6.45, 7) is 1.98. The highest BCUT2D eigenvalue weighted by Crippen LogP contribution is 2.34. The van der Waals surface area contributed by atoms with Gasteiger partial charge in [-0.3, -0.25) is 4.79 Å². The van der Waals surface area contributed by atoms with Crippen LogP contribution in [0.3, 0.4) is 0 Å². The summed E-state index contributed by atoms with van der Waals surface area (Å²) in [5, 5.41) is -1.25. The third-order valence-electron chi connectivity index (χ3n) is 2.76. The fourth-order valence-electron chi connectivity index (χ4n) is 1.77. The van der Waals surface area contributed by atoms with Gasteiger partial charge in [0.1, 0.15) is 11.7 Å². The van der Waals surface area contributed by atoms with Crippen LogP contribution in [0.25, 0.3) is 0 Å². The molecule has 4 heteroatoms. The molecular formula is C14H14ClNO2. The van der Waals surface area contributed by atoms with Gasteiger partial charge < -0.3 is 10.5 Å². The zero-order chi connectivity index (χ0) is 13.2. The standard InChI is InChI=1S/C14H14ClNO2/c1-10-5-7-11(8-6-10)18-14(15)9-3-2-4-12(14)13(16)17/h2-9,12H,1H3,(H2,16,17). The van der Waals surface area contributed by atoms with Gasteiger partial charge in [0.2, 0.25) is 11.0 Å². The number of hydrogen-bond donors (Lipinski definition) is 1. The minimum absolute atomic E-state index is 0.516. The zero-order valence-electron chi connectivity index (χ0n) is 9.97. The molecular weight excluding hydrogens is 250 g/mol. The maximum Gasteiger partial charge on any atom is 0.230 e. The van der Waals surface area contributed by atoms with Crippen molar-refractivity contribution < 1.29 is 9.53 Å². The fraction of sp³-hybridized carbons (Fsp3) is 0.214. The van der Waals surface area contributed by atoms with Crippen molar-refractivity contribution in [3.8, 4) is 5.75 Å². The lowest BCUT2D eigenvalue weighted by Gasteiger charge is -2.31. The topological polar surface area (TPSA) is 52.3 Å². The molecule has 1 aliphatic carbocycles. The first-order chi connectivity index (χ1) is 8.51. The molecule has 0 bridgehead atoms. The maximum atomic E-state index is 11.4. The van der Waals surface area contributed by atoms with Crippen molar-refractivity contribution in [2.24, 2.45) is 11.7 Å². The number of carbonyl (C=O) groups is 1. The molecule has 2 rings (SSSR count). The Labute approximate surface area is 111 Å². The van der Waals surface area contributed by atoms with Gasteiger partial charge in [0.05, 0.1) is 0 Å². The van der Waals surface area contributed by atoms with Gasteiger partial charge in [0, 0.05) is 0 Å². The summed E-state index contributed by atoms with van der Waals surface area (Å²) in [6, 6.07) is 7.45. The van der Waals surface area contributed by atoms with Gasteiger partial charge in [0.15, 0.2) is 0 Å². The lowest BCUT2D eigenvalue weighted by Crippen LogP contribution is -2.43. The molecule has 1 amide bonds. The second-order valence-electron chi connectivity index (χ2n) is 4.24. The van der Waals surface area contributed by atoms with Gasteiger partial charge in [-0.25, -0.2) is 0 Å². The molecule has 0 fully saturated rings. The summed E-state index contributed by atoms with van der Waals surface area (Å²) in [6.07, 6.45) is 6.74. The molecule has 0 heterocycles. The Morgan fingerprint density at radius 1 is 1.33 bits per heavy atom. The van der Waals surface area contributed by atoms with Crippen LogP contribution in [0.4, 0.5) is 0 Å². The first kappa shape index (κ1) is 12.7. The highest BCUT2D eigenvalue weighted by Gasteiger charge is 2.40. The molecule has 1 aromatic carbocycles. The molecule has 0 aromatic heterocycles. The molecule has 0 aliphatic heterocycles. The summed E-state index contributed by atoms with van der Waals surface area (Å²) in [5.41, 5.74) is 6.45. The number of hydrogen-bond acceptors (Lipinski definition) is 2. The highest BCUT2D eigenvalue weighted by atomic mass is 35.5. The van der Waals surface area contributed by atoms with E-state index in [1.807, 2.05) is 31.2 Å². The van der Waals surface area contributed by atoms with E-state index in [-0.39, 0.29) is 0 Å². The minimum Gasteiger partial charge on any atom is -0.467 e. The molecule has 0 saturated carbocycles. The normalized spacial score (nSPS) is 26.0. The van der Waals surface area contributed by atoms with Gasteiger partial charge >= 0.3 is 0 Å². The van der Waals surface area contributed by atoms with Crippen LogP contribution in [0.15, 0.2) is 48.6 Å². The number of nitrogens with two attached hydrogens (primary N) is 1. The van der Waals surface area contributed by atoms with Gasteiger partial charge in [-0.05, 0) is 25.1 Å². The third kappa shape index (κ3) is 2.57. The van der Waals surface area contributed by atoms with Crippen LogP contribution in [0.5, 0.6) is 5.75 Å². The molecule has 2 atom stereocenters. The number of carbonyl (C=O) groups excluding carboxylic acids is 1. The summed E-state index contributed by atoms with van der Waals surface area (Å²) in [4.78, 5) is 11.4. The number of ether oxygens (including phenoxy) is 1. The Morgan fingerprint density at radius 3 is 2.61 bits per heavy atom. The molecule has 0 saturated heterocycles. The number of rotatable bonds is 3. The number of primary amides is 1. The number of allylic oxidation sites excluding steroid dienone is 2.